The molecule has 0 bridgehead atoms. The second-order valence-corrected chi connectivity index (χ2v) is 7.95. The van der Waals surface area contributed by atoms with Gasteiger partial charge in [-0.3, -0.25) is 4.79 Å². The number of Topliss-reactive ketones (excluding diaryl/α,β-unsaturated/α-hetero) is 1. The van der Waals surface area contributed by atoms with Crippen molar-refractivity contribution in [1.29, 1.82) is 0 Å². The molecule has 0 spiro atoms. The third kappa shape index (κ3) is 4.35. The molecule has 0 saturated heterocycles. The van der Waals surface area contributed by atoms with Crippen molar-refractivity contribution in [3.8, 4) is 0 Å². The average Bonchev–Trinajstić information content (AvgIpc) is 3.18. The van der Waals surface area contributed by atoms with E-state index in [9.17, 15) is 4.79 Å². The molecule has 0 amide bonds. The van der Waals surface area contributed by atoms with Gasteiger partial charge < -0.3 is 4.42 Å². The van der Waals surface area contributed by atoms with E-state index >= 15 is 0 Å². The Balaban J connectivity index is 1.62. The number of benzene rings is 1. The van der Waals surface area contributed by atoms with Gasteiger partial charge >= 0.3 is 0 Å². The van der Waals surface area contributed by atoms with Gasteiger partial charge in [-0.2, -0.15) is 0 Å². The Kier molecular flexibility index (Phi) is 5.34. The van der Waals surface area contributed by atoms with E-state index in [1.54, 1.807) is 11.3 Å². The zero-order valence-electron chi connectivity index (χ0n) is 14.6. The van der Waals surface area contributed by atoms with E-state index in [1.165, 1.54) is 17.3 Å². The summed E-state index contributed by atoms with van der Waals surface area (Å²) in [5, 5.41) is 11.4. The smallest absolute Gasteiger partial charge is 0.277 e. The average molecular weight is 374 g/mol. The molecule has 25 heavy (non-hydrogen) atoms. The maximum atomic E-state index is 12.5. The third-order valence-electron chi connectivity index (χ3n) is 3.92. The van der Waals surface area contributed by atoms with E-state index in [-0.39, 0.29) is 11.5 Å². The zero-order chi connectivity index (χ0) is 18.0. The van der Waals surface area contributed by atoms with Crippen LogP contribution < -0.4 is 0 Å². The van der Waals surface area contributed by atoms with Crippen LogP contribution in [0.25, 0.3) is 0 Å². The highest BCUT2D eigenvalue weighted by Gasteiger charge is 2.14. The molecule has 0 saturated carbocycles. The number of thioether (sulfide) groups is 1. The lowest BCUT2D eigenvalue weighted by Crippen LogP contribution is -2.06. The summed E-state index contributed by atoms with van der Waals surface area (Å²) in [6.07, 6.45) is 0.516. The fourth-order valence-electron chi connectivity index (χ4n) is 2.48. The second kappa shape index (κ2) is 7.49. The number of nitrogens with zero attached hydrogens (tertiary/aromatic N) is 3. The molecule has 0 aliphatic rings. The first-order valence-corrected chi connectivity index (χ1v) is 9.76. The van der Waals surface area contributed by atoms with Gasteiger partial charge in [0.25, 0.3) is 5.22 Å². The van der Waals surface area contributed by atoms with Crippen LogP contribution in [0.4, 0.5) is 0 Å². The minimum atomic E-state index is 0.0699. The molecule has 0 unspecified atom stereocenters. The number of ketones is 1. The standard InChI is InChI=1S/C18H19N3O2S2/c1-10-5-12(3)15(6-11(10)2)16(22)9-25-18-21-20-17(23-18)7-14-8-24-13(4)19-14/h5-6,8H,7,9H2,1-4H3. The van der Waals surface area contributed by atoms with E-state index in [0.717, 1.165) is 27.4 Å². The van der Waals surface area contributed by atoms with Gasteiger partial charge in [0.15, 0.2) is 5.78 Å². The van der Waals surface area contributed by atoms with E-state index in [2.05, 4.69) is 22.1 Å². The monoisotopic (exact) mass is 373 g/mol. The van der Waals surface area contributed by atoms with Crippen LogP contribution in [-0.2, 0) is 6.42 Å². The number of hydrogen-bond donors (Lipinski definition) is 0. The van der Waals surface area contributed by atoms with Crippen LogP contribution >= 0.6 is 23.1 Å². The SMILES string of the molecule is Cc1nc(Cc2nnc(SCC(=O)c3cc(C)c(C)cc3C)o2)cs1. The summed E-state index contributed by atoms with van der Waals surface area (Å²) < 4.78 is 5.61. The maximum absolute atomic E-state index is 12.5. The lowest BCUT2D eigenvalue weighted by Gasteiger charge is -2.08. The summed E-state index contributed by atoms with van der Waals surface area (Å²) in [5.74, 6) is 0.865. The molecule has 2 heterocycles. The highest BCUT2D eigenvalue weighted by molar-refractivity contribution is 7.99. The molecular formula is C18H19N3O2S2. The first-order valence-electron chi connectivity index (χ1n) is 7.89. The second-order valence-electron chi connectivity index (χ2n) is 5.96. The number of carbonyl (C=O) groups is 1. The van der Waals surface area contributed by atoms with E-state index < -0.39 is 0 Å². The third-order valence-corrected chi connectivity index (χ3v) is 5.56. The van der Waals surface area contributed by atoms with Crippen LogP contribution in [0.15, 0.2) is 27.2 Å². The number of aromatic nitrogens is 3. The number of thiazole rings is 1. The number of carbonyl (C=O) groups excluding carboxylic acids is 1. The molecule has 2 aromatic heterocycles. The summed E-state index contributed by atoms with van der Waals surface area (Å²) >= 11 is 2.87. The van der Waals surface area contributed by atoms with Crippen molar-refractivity contribution in [2.24, 2.45) is 0 Å². The van der Waals surface area contributed by atoms with Gasteiger partial charge in [-0.1, -0.05) is 17.8 Å². The van der Waals surface area contributed by atoms with Crippen molar-refractivity contribution in [2.45, 2.75) is 39.3 Å². The Bertz CT molecular complexity index is 915. The Morgan fingerprint density at radius 2 is 1.88 bits per heavy atom. The van der Waals surface area contributed by atoms with Crippen molar-refractivity contribution in [2.75, 3.05) is 5.75 Å². The minimum Gasteiger partial charge on any atom is -0.416 e. The topological polar surface area (TPSA) is 68.9 Å². The first kappa shape index (κ1) is 17.8. The number of hydrogen-bond acceptors (Lipinski definition) is 7. The van der Waals surface area contributed by atoms with Crippen LogP contribution in [0.1, 0.15) is 43.6 Å². The molecular weight excluding hydrogens is 354 g/mol. The number of rotatable bonds is 6. The van der Waals surface area contributed by atoms with Crippen molar-refractivity contribution in [3.63, 3.8) is 0 Å². The normalized spacial score (nSPS) is 11.0. The Labute approximate surface area is 154 Å². The molecule has 7 heteroatoms. The summed E-state index contributed by atoms with van der Waals surface area (Å²) in [5.41, 5.74) is 5.00. The fraction of sp³-hybridized carbons (Fsp3) is 0.333. The van der Waals surface area contributed by atoms with Gasteiger partial charge in [-0.05, 0) is 50.5 Å². The molecule has 0 N–H and O–H groups in total. The van der Waals surface area contributed by atoms with Gasteiger partial charge in [-0.15, -0.1) is 21.5 Å². The molecule has 0 atom stereocenters. The Morgan fingerprint density at radius 3 is 2.60 bits per heavy atom. The summed E-state index contributed by atoms with van der Waals surface area (Å²) in [4.78, 5) is 16.9. The van der Waals surface area contributed by atoms with Crippen molar-refractivity contribution < 1.29 is 9.21 Å². The van der Waals surface area contributed by atoms with Crippen LogP contribution in [0.3, 0.4) is 0 Å². The molecule has 0 radical (unpaired) electrons. The quantitative estimate of drug-likeness (QED) is 0.473. The van der Waals surface area contributed by atoms with E-state index in [0.29, 0.717) is 17.5 Å². The van der Waals surface area contributed by atoms with Gasteiger partial charge in [-0.25, -0.2) is 4.98 Å². The maximum Gasteiger partial charge on any atom is 0.277 e. The number of aryl methyl sites for hydroxylation is 4. The van der Waals surface area contributed by atoms with Crippen LogP contribution in [0.5, 0.6) is 0 Å². The summed E-state index contributed by atoms with van der Waals surface area (Å²) in [6, 6.07) is 4.01. The lowest BCUT2D eigenvalue weighted by atomic mass is 9.99. The fourth-order valence-corrected chi connectivity index (χ4v) is 3.75. The molecule has 1 aromatic carbocycles. The molecule has 0 aliphatic heterocycles. The van der Waals surface area contributed by atoms with E-state index in [1.807, 2.05) is 38.3 Å². The van der Waals surface area contributed by atoms with Gasteiger partial charge in [0.1, 0.15) is 0 Å². The predicted octanol–water partition coefficient (Wildman–Crippen LogP) is 4.33. The van der Waals surface area contributed by atoms with E-state index in [4.69, 9.17) is 4.42 Å². The molecule has 130 valence electrons. The lowest BCUT2D eigenvalue weighted by molar-refractivity contribution is 0.102. The molecule has 3 aromatic rings. The van der Waals surface area contributed by atoms with Crippen molar-refractivity contribution >= 4 is 28.9 Å². The van der Waals surface area contributed by atoms with Gasteiger partial charge in [0.05, 0.1) is 22.9 Å². The Hall–Kier alpha value is -1.99. The van der Waals surface area contributed by atoms with Crippen LogP contribution in [0.2, 0.25) is 0 Å². The van der Waals surface area contributed by atoms with Crippen LogP contribution in [-0.4, -0.2) is 26.7 Å². The highest BCUT2D eigenvalue weighted by Crippen LogP contribution is 2.22. The molecule has 3 rings (SSSR count). The molecule has 5 nitrogen and oxygen atoms in total. The Morgan fingerprint density at radius 1 is 1.12 bits per heavy atom. The molecule has 0 aliphatic carbocycles. The van der Waals surface area contributed by atoms with Crippen LogP contribution in [0, 0.1) is 27.7 Å². The largest absolute Gasteiger partial charge is 0.416 e. The predicted molar refractivity (Wildman–Crippen MR) is 99.7 cm³/mol. The summed E-state index contributed by atoms with van der Waals surface area (Å²) in [7, 11) is 0. The highest BCUT2D eigenvalue weighted by atomic mass is 32.2. The summed E-state index contributed by atoms with van der Waals surface area (Å²) in [6.45, 7) is 7.99. The van der Waals surface area contributed by atoms with Gasteiger partial charge in [0, 0.05) is 10.9 Å². The first-order chi connectivity index (χ1) is 11.9. The van der Waals surface area contributed by atoms with Crippen molar-refractivity contribution in [3.05, 3.63) is 56.4 Å². The van der Waals surface area contributed by atoms with Gasteiger partial charge in [0.2, 0.25) is 5.89 Å². The van der Waals surface area contributed by atoms with Crippen molar-refractivity contribution in [1.82, 2.24) is 15.2 Å². The minimum absolute atomic E-state index is 0.0699. The molecule has 0 fully saturated rings. The zero-order valence-corrected chi connectivity index (χ0v) is 16.3.